The molecule has 0 saturated carbocycles. The smallest absolute Gasteiger partial charge is 0.191 e. The van der Waals surface area contributed by atoms with Crippen LogP contribution in [-0.2, 0) is 11.3 Å². The Labute approximate surface area is 158 Å². The molecule has 2 N–H and O–H groups in total. The van der Waals surface area contributed by atoms with Crippen molar-refractivity contribution >= 4 is 5.96 Å². The fourth-order valence-electron chi connectivity index (χ4n) is 2.99. The first-order chi connectivity index (χ1) is 12.4. The Hall–Kier alpha value is -1.79. The summed E-state index contributed by atoms with van der Waals surface area (Å²) in [6.45, 7) is 13.7. The SMILES string of the molecule is CN=C(NCc1cccc(OC(C)C)c1)NCC(C)(C)N1CCOCC1. The van der Waals surface area contributed by atoms with Gasteiger partial charge in [0.05, 0.1) is 19.3 Å². The number of nitrogens with zero attached hydrogens (tertiary/aromatic N) is 2. The highest BCUT2D eigenvalue weighted by Gasteiger charge is 2.28. The average molecular weight is 363 g/mol. The Kier molecular flexibility index (Phi) is 7.72. The summed E-state index contributed by atoms with van der Waals surface area (Å²) >= 11 is 0. The Bertz CT molecular complexity index is 581. The molecule has 2 rings (SSSR count). The van der Waals surface area contributed by atoms with Crippen LogP contribution < -0.4 is 15.4 Å². The Morgan fingerprint density at radius 3 is 2.65 bits per heavy atom. The third kappa shape index (κ3) is 6.50. The van der Waals surface area contributed by atoms with Crippen LogP contribution in [0.3, 0.4) is 0 Å². The monoisotopic (exact) mass is 362 g/mol. The molecule has 1 aromatic carbocycles. The van der Waals surface area contributed by atoms with Crippen molar-refractivity contribution in [2.45, 2.75) is 45.9 Å². The zero-order chi connectivity index (χ0) is 19.0. The minimum atomic E-state index is 0.0480. The molecule has 146 valence electrons. The van der Waals surface area contributed by atoms with E-state index in [1.807, 2.05) is 26.0 Å². The predicted molar refractivity (Wildman–Crippen MR) is 107 cm³/mol. The van der Waals surface area contributed by atoms with E-state index in [4.69, 9.17) is 9.47 Å². The van der Waals surface area contributed by atoms with Crippen LogP contribution in [0.5, 0.6) is 5.75 Å². The van der Waals surface area contributed by atoms with Gasteiger partial charge in [-0.1, -0.05) is 12.1 Å². The maximum Gasteiger partial charge on any atom is 0.191 e. The van der Waals surface area contributed by atoms with Crippen LogP contribution in [0.25, 0.3) is 0 Å². The number of hydrogen-bond acceptors (Lipinski definition) is 4. The third-order valence-corrected chi connectivity index (χ3v) is 4.51. The molecule has 0 atom stereocenters. The van der Waals surface area contributed by atoms with Gasteiger partial charge in [0.15, 0.2) is 5.96 Å². The summed E-state index contributed by atoms with van der Waals surface area (Å²) in [6, 6.07) is 8.16. The van der Waals surface area contributed by atoms with E-state index in [-0.39, 0.29) is 11.6 Å². The van der Waals surface area contributed by atoms with E-state index in [1.165, 1.54) is 5.56 Å². The number of hydrogen-bond donors (Lipinski definition) is 2. The topological polar surface area (TPSA) is 58.1 Å². The van der Waals surface area contributed by atoms with Gasteiger partial charge in [-0.15, -0.1) is 0 Å². The van der Waals surface area contributed by atoms with Gasteiger partial charge in [-0.25, -0.2) is 0 Å². The molecule has 0 unspecified atom stereocenters. The fourth-order valence-corrected chi connectivity index (χ4v) is 2.99. The standard InChI is InChI=1S/C20H34N4O2/c1-16(2)26-18-8-6-7-17(13-18)14-22-19(21-5)23-15-20(3,4)24-9-11-25-12-10-24/h6-8,13,16H,9-12,14-15H2,1-5H3,(H2,21,22,23). The molecule has 6 heteroatoms. The van der Waals surface area contributed by atoms with E-state index < -0.39 is 0 Å². The number of ether oxygens (including phenoxy) is 2. The first kappa shape index (κ1) is 20.5. The largest absolute Gasteiger partial charge is 0.491 e. The molecule has 1 heterocycles. The van der Waals surface area contributed by atoms with Crippen LogP contribution in [0.2, 0.25) is 0 Å². The second-order valence-corrected chi connectivity index (χ2v) is 7.51. The van der Waals surface area contributed by atoms with E-state index in [0.29, 0.717) is 6.54 Å². The van der Waals surface area contributed by atoms with E-state index in [1.54, 1.807) is 7.05 Å². The summed E-state index contributed by atoms with van der Waals surface area (Å²) in [6.07, 6.45) is 0.176. The predicted octanol–water partition coefficient (Wildman–Crippen LogP) is 2.25. The molecule has 0 bridgehead atoms. The summed E-state index contributed by atoms with van der Waals surface area (Å²) in [7, 11) is 1.80. The highest BCUT2D eigenvalue weighted by atomic mass is 16.5. The van der Waals surface area contributed by atoms with Crippen molar-refractivity contribution in [3.05, 3.63) is 29.8 Å². The molecule has 1 saturated heterocycles. The number of aliphatic imine (C=N–C) groups is 1. The Balaban J connectivity index is 1.84. The quantitative estimate of drug-likeness (QED) is 0.576. The van der Waals surface area contributed by atoms with Crippen LogP contribution in [0.4, 0.5) is 0 Å². The van der Waals surface area contributed by atoms with Crippen molar-refractivity contribution in [3.8, 4) is 5.75 Å². The van der Waals surface area contributed by atoms with Crippen LogP contribution in [-0.4, -0.2) is 62.4 Å². The molecule has 1 aromatic rings. The normalized spacial score (nSPS) is 16.6. The maximum absolute atomic E-state index is 5.76. The zero-order valence-corrected chi connectivity index (χ0v) is 16.8. The van der Waals surface area contributed by atoms with Gasteiger partial charge in [-0.3, -0.25) is 9.89 Å². The van der Waals surface area contributed by atoms with Gasteiger partial charge >= 0.3 is 0 Å². The van der Waals surface area contributed by atoms with Crippen LogP contribution in [0.15, 0.2) is 29.3 Å². The number of nitrogens with one attached hydrogen (secondary N) is 2. The number of rotatable bonds is 7. The molecule has 0 aliphatic carbocycles. The highest BCUT2D eigenvalue weighted by Crippen LogP contribution is 2.16. The van der Waals surface area contributed by atoms with Crippen molar-refractivity contribution in [1.29, 1.82) is 0 Å². The molecule has 1 fully saturated rings. The van der Waals surface area contributed by atoms with Crippen LogP contribution >= 0.6 is 0 Å². The van der Waals surface area contributed by atoms with Crippen molar-refractivity contribution in [2.75, 3.05) is 39.9 Å². The fraction of sp³-hybridized carbons (Fsp3) is 0.650. The van der Waals surface area contributed by atoms with Gasteiger partial charge in [0, 0.05) is 38.8 Å². The zero-order valence-electron chi connectivity index (χ0n) is 16.8. The minimum Gasteiger partial charge on any atom is -0.491 e. The van der Waals surface area contributed by atoms with Crippen LogP contribution in [0.1, 0.15) is 33.3 Å². The van der Waals surface area contributed by atoms with Crippen molar-refractivity contribution in [2.24, 2.45) is 4.99 Å². The van der Waals surface area contributed by atoms with E-state index in [0.717, 1.165) is 44.6 Å². The average Bonchev–Trinajstić information content (AvgIpc) is 2.62. The summed E-state index contributed by atoms with van der Waals surface area (Å²) in [5.74, 6) is 1.71. The van der Waals surface area contributed by atoms with Gasteiger partial charge < -0.3 is 20.1 Å². The molecule has 6 nitrogen and oxygen atoms in total. The lowest BCUT2D eigenvalue weighted by Gasteiger charge is -2.41. The minimum absolute atomic E-state index is 0.0480. The summed E-state index contributed by atoms with van der Waals surface area (Å²) in [4.78, 5) is 6.80. The number of morpholine rings is 1. The van der Waals surface area contributed by atoms with Crippen molar-refractivity contribution < 1.29 is 9.47 Å². The summed E-state index contributed by atoms with van der Waals surface area (Å²) in [5, 5.41) is 6.83. The van der Waals surface area contributed by atoms with Crippen LogP contribution in [0, 0.1) is 0 Å². The van der Waals surface area contributed by atoms with E-state index in [9.17, 15) is 0 Å². The maximum atomic E-state index is 5.76. The second kappa shape index (κ2) is 9.78. The van der Waals surface area contributed by atoms with Gasteiger partial charge in [-0.05, 0) is 45.4 Å². The molecule has 0 radical (unpaired) electrons. The first-order valence-corrected chi connectivity index (χ1v) is 9.43. The molecular formula is C20H34N4O2. The summed E-state index contributed by atoms with van der Waals surface area (Å²) < 4.78 is 11.2. The second-order valence-electron chi connectivity index (χ2n) is 7.51. The molecule has 26 heavy (non-hydrogen) atoms. The molecule has 0 spiro atoms. The van der Waals surface area contributed by atoms with E-state index in [2.05, 4.69) is 46.5 Å². The molecule has 1 aliphatic heterocycles. The Morgan fingerprint density at radius 1 is 1.27 bits per heavy atom. The summed E-state index contributed by atoms with van der Waals surface area (Å²) in [5.41, 5.74) is 1.21. The van der Waals surface area contributed by atoms with E-state index >= 15 is 0 Å². The lowest BCUT2D eigenvalue weighted by molar-refractivity contribution is -0.00834. The molecule has 1 aliphatic rings. The molecule has 0 amide bonds. The molecule has 0 aromatic heterocycles. The first-order valence-electron chi connectivity index (χ1n) is 9.43. The molecular weight excluding hydrogens is 328 g/mol. The van der Waals surface area contributed by atoms with Crippen molar-refractivity contribution in [3.63, 3.8) is 0 Å². The van der Waals surface area contributed by atoms with Gasteiger partial charge in [0.25, 0.3) is 0 Å². The highest BCUT2D eigenvalue weighted by molar-refractivity contribution is 5.79. The van der Waals surface area contributed by atoms with Gasteiger partial charge in [0.2, 0.25) is 0 Å². The Morgan fingerprint density at radius 2 is 2.00 bits per heavy atom. The lowest BCUT2D eigenvalue weighted by atomic mass is 10.0. The van der Waals surface area contributed by atoms with Crippen molar-refractivity contribution in [1.82, 2.24) is 15.5 Å². The van der Waals surface area contributed by atoms with Gasteiger partial charge in [-0.2, -0.15) is 0 Å². The van der Waals surface area contributed by atoms with Gasteiger partial charge in [0.1, 0.15) is 5.75 Å². The third-order valence-electron chi connectivity index (χ3n) is 4.51. The lowest BCUT2D eigenvalue weighted by Crippen LogP contribution is -2.56. The number of guanidine groups is 1. The number of benzene rings is 1.